The summed E-state index contributed by atoms with van der Waals surface area (Å²) >= 11 is 5.67. The number of allylic oxidation sites excluding steroid dienone is 1. The van der Waals surface area contributed by atoms with Gasteiger partial charge in [0.1, 0.15) is 0 Å². The molecule has 0 nitrogen and oxygen atoms in total. The summed E-state index contributed by atoms with van der Waals surface area (Å²) < 4.78 is 0. The van der Waals surface area contributed by atoms with Crippen molar-refractivity contribution < 1.29 is 0 Å². The predicted octanol–water partition coefficient (Wildman–Crippen LogP) is 5.00. The molecular formula is C16H15Cl. The summed E-state index contributed by atoms with van der Waals surface area (Å²) in [6.07, 6.45) is 5.17. The maximum atomic E-state index is 5.67. The molecule has 0 unspecified atom stereocenters. The Balaban J connectivity index is 2.34. The molecule has 2 aromatic rings. The van der Waals surface area contributed by atoms with Crippen molar-refractivity contribution in [3.63, 3.8) is 0 Å². The molecule has 0 aliphatic rings. The molecule has 0 saturated heterocycles. The zero-order valence-corrected chi connectivity index (χ0v) is 10.4. The van der Waals surface area contributed by atoms with E-state index in [-0.39, 0.29) is 0 Å². The number of halogens is 1. The molecular weight excluding hydrogens is 228 g/mol. The minimum absolute atomic E-state index is 0.671. The third-order valence-corrected chi connectivity index (χ3v) is 2.84. The molecule has 0 heterocycles. The predicted molar refractivity (Wildman–Crippen MR) is 76.2 cm³/mol. The van der Waals surface area contributed by atoms with Crippen molar-refractivity contribution in [1.82, 2.24) is 0 Å². The fraction of sp³-hybridized carbons (Fsp3) is 0.125. The standard InChI is InChI=1S/C16H15Cl/c17-13-7-6-11-15-10-4-5-12-16(15)14-8-2-1-3-9-14/h1-6,8-12H,7,13H2. The minimum Gasteiger partial charge on any atom is -0.126 e. The van der Waals surface area contributed by atoms with Crippen LogP contribution < -0.4 is 0 Å². The van der Waals surface area contributed by atoms with E-state index in [1.807, 2.05) is 6.07 Å². The van der Waals surface area contributed by atoms with E-state index in [0.29, 0.717) is 5.88 Å². The van der Waals surface area contributed by atoms with Gasteiger partial charge in [-0.25, -0.2) is 0 Å². The second kappa shape index (κ2) is 6.27. The zero-order chi connectivity index (χ0) is 11.9. The highest BCUT2D eigenvalue weighted by Crippen LogP contribution is 2.24. The highest BCUT2D eigenvalue weighted by molar-refractivity contribution is 6.17. The van der Waals surface area contributed by atoms with Crippen molar-refractivity contribution in [3.05, 3.63) is 66.2 Å². The van der Waals surface area contributed by atoms with E-state index in [1.165, 1.54) is 16.7 Å². The fourth-order valence-electron chi connectivity index (χ4n) is 1.80. The highest BCUT2D eigenvalue weighted by Gasteiger charge is 2.00. The Morgan fingerprint density at radius 3 is 2.35 bits per heavy atom. The van der Waals surface area contributed by atoms with Crippen LogP contribution in [0.4, 0.5) is 0 Å². The van der Waals surface area contributed by atoms with Crippen molar-refractivity contribution in [2.24, 2.45) is 0 Å². The van der Waals surface area contributed by atoms with Gasteiger partial charge in [-0.1, -0.05) is 66.7 Å². The lowest BCUT2D eigenvalue weighted by Gasteiger charge is -2.05. The molecule has 86 valence electrons. The molecule has 0 aliphatic carbocycles. The smallest absolute Gasteiger partial charge is 0.0258 e. The third kappa shape index (κ3) is 3.21. The molecule has 0 atom stereocenters. The SMILES string of the molecule is ClCCC=Cc1ccccc1-c1ccccc1. The Morgan fingerprint density at radius 2 is 1.59 bits per heavy atom. The van der Waals surface area contributed by atoms with Gasteiger partial charge in [-0.15, -0.1) is 11.6 Å². The Kier molecular flexibility index (Phi) is 4.40. The lowest BCUT2D eigenvalue weighted by molar-refractivity contribution is 1.24. The van der Waals surface area contributed by atoms with Gasteiger partial charge in [0.05, 0.1) is 0 Å². The van der Waals surface area contributed by atoms with Crippen LogP contribution in [0.15, 0.2) is 60.7 Å². The van der Waals surface area contributed by atoms with Gasteiger partial charge in [0, 0.05) is 5.88 Å². The number of benzene rings is 2. The minimum atomic E-state index is 0.671. The lowest BCUT2D eigenvalue weighted by atomic mass is 9.99. The van der Waals surface area contributed by atoms with Crippen LogP contribution in [0.1, 0.15) is 12.0 Å². The molecule has 1 heteroatoms. The number of alkyl halides is 1. The maximum absolute atomic E-state index is 5.67. The quantitative estimate of drug-likeness (QED) is 0.662. The van der Waals surface area contributed by atoms with Crippen LogP contribution in [0.25, 0.3) is 17.2 Å². The van der Waals surface area contributed by atoms with Gasteiger partial charge < -0.3 is 0 Å². The average Bonchev–Trinajstić information content (AvgIpc) is 2.41. The van der Waals surface area contributed by atoms with Gasteiger partial charge in [0.25, 0.3) is 0 Å². The van der Waals surface area contributed by atoms with Gasteiger partial charge in [-0.05, 0) is 23.1 Å². The van der Waals surface area contributed by atoms with Crippen LogP contribution in [-0.2, 0) is 0 Å². The highest BCUT2D eigenvalue weighted by atomic mass is 35.5. The number of rotatable bonds is 4. The lowest BCUT2D eigenvalue weighted by Crippen LogP contribution is -1.82. The Bertz CT molecular complexity index is 486. The molecule has 0 bridgehead atoms. The number of hydrogen-bond acceptors (Lipinski definition) is 0. The summed E-state index contributed by atoms with van der Waals surface area (Å²) in [5.41, 5.74) is 3.75. The first kappa shape index (κ1) is 11.9. The molecule has 17 heavy (non-hydrogen) atoms. The molecule has 0 aliphatic heterocycles. The summed E-state index contributed by atoms with van der Waals surface area (Å²) in [6.45, 7) is 0. The average molecular weight is 243 g/mol. The second-order valence-electron chi connectivity index (χ2n) is 3.83. The monoisotopic (exact) mass is 242 g/mol. The molecule has 0 N–H and O–H groups in total. The van der Waals surface area contributed by atoms with Crippen LogP contribution in [0.5, 0.6) is 0 Å². The van der Waals surface area contributed by atoms with Gasteiger partial charge in [0.15, 0.2) is 0 Å². The summed E-state index contributed by atoms with van der Waals surface area (Å²) in [6, 6.07) is 18.8. The van der Waals surface area contributed by atoms with E-state index >= 15 is 0 Å². The zero-order valence-electron chi connectivity index (χ0n) is 9.64. The van der Waals surface area contributed by atoms with Crippen LogP contribution in [0.3, 0.4) is 0 Å². The molecule has 2 aromatic carbocycles. The largest absolute Gasteiger partial charge is 0.126 e. The fourth-order valence-corrected chi connectivity index (χ4v) is 1.92. The van der Waals surface area contributed by atoms with E-state index < -0.39 is 0 Å². The van der Waals surface area contributed by atoms with Crippen LogP contribution in [-0.4, -0.2) is 5.88 Å². The van der Waals surface area contributed by atoms with Crippen LogP contribution >= 0.6 is 11.6 Å². The van der Waals surface area contributed by atoms with E-state index in [4.69, 9.17) is 11.6 Å². The Labute approximate surface area is 108 Å². The maximum Gasteiger partial charge on any atom is 0.0258 e. The second-order valence-corrected chi connectivity index (χ2v) is 4.21. The summed E-state index contributed by atoms with van der Waals surface area (Å²) in [5, 5.41) is 0. The number of hydrogen-bond donors (Lipinski definition) is 0. The van der Waals surface area contributed by atoms with Crippen molar-refractivity contribution in [1.29, 1.82) is 0 Å². The van der Waals surface area contributed by atoms with Crippen molar-refractivity contribution in [2.45, 2.75) is 6.42 Å². The van der Waals surface area contributed by atoms with Gasteiger partial charge in [0.2, 0.25) is 0 Å². The first-order chi connectivity index (χ1) is 8.42. The van der Waals surface area contributed by atoms with Crippen molar-refractivity contribution >= 4 is 17.7 Å². The van der Waals surface area contributed by atoms with Gasteiger partial charge >= 0.3 is 0 Å². The van der Waals surface area contributed by atoms with E-state index in [1.54, 1.807) is 0 Å². The van der Waals surface area contributed by atoms with Crippen molar-refractivity contribution in [2.75, 3.05) is 5.88 Å². The molecule has 0 amide bonds. The molecule has 0 saturated carbocycles. The first-order valence-corrected chi connectivity index (χ1v) is 6.32. The van der Waals surface area contributed by atoms with E-state index in [0.717, 1.165) is 6.42 Å². The third-order valence-electron chi connectivity index (χ3n) is 2.62. The Morgan fingerprint density at radius 1 is 0.882 bits per heavy atom. The first-order valence-electron chi connectivity index (χ1n) is 5.79. The summed E-state index contributed by atoms with van der Waals surface area (Å²) in [4.78, 5) is 0. The normalized spacial score (nSPS) is 10.9. The van der Waals surface area contributed by atoms with Gasteiger partial charge in [-0.2, -0.15) is 0 Å². The Hall–Kier alpha value is -1.53. The van der Waals surface area contributed by atoms with Crippen LogP contribution in [0, 0.1) is 0 Å². The van der Waals surface area contributed by atoms with Crippen molar-refractivity contribution in [3.8, 4) is 11.1 Å². The molecule has 0 radical (unpaired) electrons. The molecule has 0 aromatic heterocycles. The molecule has 0 spiro atoms. The van der Waals surface area contributed by atoms with E-state index in [9.17, 15) is 0 Å². The summed E-state index contributed by atoms with van der Waals surface area (Å²) in [5.74, 6) is 0.671. The molecule has 0 fully saturated rings. The van der Waals surface area contributed by atoms with Gasteiger partial charge in [-0.3, -0.25) is 0 Å². The topological polar surface area (TPSA) is 0 Å². The summed E-state index contributed by atoms with van der Waals surface area (Å²) in [7, 11) is 0. The van der Waals surface area contributed by atoms with Crippen LogP contribution in [0.2, 0.25) is 0 Å². The molecule has 2 rings (SSSR count). The van der Waals surface area contributed by atoms with E-state index in [2.05, 4.69) is 60.7 Å².